The SMILES string of the molecule is CCc1ccc(C(N)c2ccccc2I)cc1CC. The number of rotatable bonds is 4. The maximum atomic E-state index is 6.43. The van der Waals surface area contributed by atoms with Gasteiger partial charge in [0, 0.05) is 3.57 Å². The van der Waals surface area contributed by atoms with E-state index < -0.39 is 0 Å². The maximum absolute atomic E-state index is 6.43. The molecule has 0 aliphatic rings. The maximum Gasteiger partial charge on any atom is 0.0562 e. The zero-order valence-electron chi connectivity index (χ0n) is 11.5. The second-order valence-corrected chi connectivity index (χ2v) is 5.90. The Hall–Kier alpha value is -0.870. The molecule has 0 heterocycles. The molecule has 0 radical (unpaired) electrons. The lowest BCUT2D eigenvalue weighted by Gasteiger charge is -2.17. The summed E-state index contributed by atoms with van der Waals surface area (Å²) in [5.74, 6) is 0. The molecule has 100 valence electrons. The Labute approximate surface area is 129 Å². The quantitative estimate of drug-likeness (QED) is 0.796. The van der Waals surface area contributed by atoms with E-state index in [2.05, 4.69) is 78.9 Å². The highest BCUT2D eigenvalue weighted by atomic mass is 127. The molecule has 0 aliphatic carbocycles. The molecule has 2 heteroatoms. The van der Waals surface area contributed by atoms with Crippen LogP contribution in [-0.2, 0) is 12.8 Å². The molecule has 0 fully saturated rings. The van der Waals surface area contributed by atoms with Crippen molar-refractivity contribution in [3.8, 4) is 0 Å². The first-order valence-electron chi connectivity index (χ1n) is 6.79. The minimum atomic E-state index is -0.0377. The summed E-state index contributed by atoms with van der Waals surface area (Å²) in [6, 6.07) is 15.0. The Bertz CT molecular complexity index is 563. The molecular formula is C17H20IN. The van der Waals surface area contributed by atoms with Gasteiger partial charge in [0.1, 0.15) is 0 Å². The van der Waals surface area contributed by atoms with Gasteiger partial charge in [-0.2, -0.15) is 0 Å². The molecule has 1 unspecified atom stereocenters. The van der Waals surface area contributed by atoms with Crippen LogP contribution in [0.5, 0.6) is 0 Å². The standard InChI is InChI=1S/C17H20IN/c1-3-12-9-10-14(11-13(12)4-2)17(19)15-7-5-6-8-16(15)18/h5-11,17H,3-4,19H2,1-2H3. The number of hydrogen-bond donors (Lipinski definition) is 1. The smallest absolute Gasteiger partial charge is 0.0562 e. The normalized spacial score (nSPS) is 12.4. The fourth-order valence-electron chi connectivity index (χ4n) is 2.42. The Morgan fingerprint density at radius 1 is 1.00 bits per heavy atom. The summed E-state index contributed by atoms with van der Waals surface area (Å²) < 4.78 is 1.23. The average Bonchev–Trinajstić information content (AvgIpc) is 2.46. The van der Waals surface area contributed by atoms with Crippen molar-refractivity contribution in [1.82, 2.24) is 0 Å². The lowest BCUT2D eigenvalue weighted by atomic mass is 9.94. The van der Waals surface area contributed by atoms with Gasteiger partial charge in [0.05, 0.1) is 6.04 Å². The summed E-state index contributed by atoms with van der Waals surface area (Å²) in [5.41, 5.74) is 11.7. The summed E-state index contributed by atoms with van der Waals surface area (Å²) in [6.07, 6.45) is 2.15. The second kappa shape index (κ2) is 6.53. The lowest BCUT2D eigenvalue weighted by Crippen LogP contribution is -2.14. The highest BCUT2D eigenvalue weighted by molar-refractivity contribution is 14.1. The molecule has 2 rings (SSSR count). The predicted octanol–water partition coefficient (Wildman–Crippen LogP) is 4.46. The van der Waals surface area contributed by atoms with Gasteiger partial charge in [0.15, 0.2) is 0 Å². The van der Waals surface area contributed by atoms with Gasteiger partial charge in [-0.25, -0.2) is 0 Å². The molecule has 2 aromatic carbocycles. The van der Waals surface area contributed by atoms with Gasteiger partial charge in [0.25, 0.3) is 0 Å². The zero-order valence-corrected chi connectivity index (χ0v) is 13.6. The number of hydrogen-bond acceptors (Lipinski definition) is 1. The van der Waals surface area contributed by atoms with Gasteiger partial charge < -0.3 is 5.73 Å². The van der Waals surface area contributed by atoms with E-state index in [0.29, 0.717) is 0 Å². The molecule has 0 saturated carbocycles. The number of nitrogens with two attached hydrogens (primary N) is 1. The van der Waals surface area contributed by atoms with E-state index in [9.17, 15) is 0 Å². The van der Waals surface area contributed by atoms with Crippen LogP contribution in [0.4, 0.5) is 0 Å². The number of benzene rings is 2. The van der Waals surface area contributed by atoms with Crippen molar-refractivity contribution in [3.63, 3.8) is 0 Å². The Morgan fingerprint density at radius 3 is 2.32 bits per heavy atom. The molecular weight excluding hydrogens is 345 g/mol. The summed E-state index contributed by atoms with van der Waals surface area (Å²) in [7, 11) is 0. The molecule has 0 amide bonds. The van der Waals surface area contributed by atoms with E-state index in [1.165, 1.54) is 25.8 Å². The molecule has 0 saturated heterocycles. The first kappa shape index (κ1) is 14.5. The molecule has 0 bridgehead atoms. The van der Waals surface area contributed by atoms with Gasteiger partial charge in [-0.1, -0.05) is 50.2 Å². The van der Waals surface area contributed by atoms with E-state index in [4.69, 9.17) is 5.73 Å². The van der Waals surface area contributed by atoms with Crippen LogP contribution in [0.3, 0.4) is 0 Å². The molecule has 0 spiro atoms. The van der Waals surface area contributed by atoms with Crippen LogP contribution in [-0.4, -0.2) is 0 Å². The highest BCUT2D eigenvalue weighted by Crippen LogP contribution is 2.26. The van der Waals surface area contributed by atoms with Gasteiger partial charge in [-0.3, -0.25) is 0 Å². The summed E-state index contributed by atoms with van der Waals surface area (Å²) in [4.78, 5) is 0. The molecule has 1 nitrogen and oxygen atoms in total. The first-order valence-corrected chi connectivity index (χ1v) is 7.87. The minimum Gasteiger partial charge on any atom is -0.320 e. The van der Waals surface area contributed by atoms with Crippen LogP contribution in [0.15, 0.2) is 42.5 Å². The topological polar surface area (TPSA) is 26.0 Å². The van der Waals surface area contributed by atoms with Crippen molar-refractivity contribution in [1.29, 1.82) is 0 Å². The minimum absolute atomic E-state index is 0.0377. The molecule has 1 atom stereocenters. The summed E-state index contributed by atoms with van der Waals surface area (Å²) >= 11 is 2.35. The Kier molecular flexibility index (Phi) is 4.99. The Morgan fingerprint density at radius 2 is 1.68 bits per heavy atom. The third kappa shape index (κ3) is 3.18. The molecule has 19 heavy (non-hydrogen) atoms. The van der Waals surface area contributed by atoms with Gasteiger partial charge in [0.2, 0.25) is 0 Å². The van der Waals surface area contributed by atoms with Crippen molar-refractivity contribution >= 4 is 22.6 Å². The van der Waals surface area contributed by atoms with Gasteiger partial charge in [-0.05, 0) is 63.8 Å². The third-order valence-corrected chi connectivity index (χ3v) is 4.57. The van der Waals surface area contributed by atoms with Crippen molar-refractivity contribution < 1.29 is 0 Å². The molecule has 2 N–H and O–H groups in total. The number of aryl methyl sites for hydroxylation is 2. The lowest BCUT2D eigenvalue weighted by molar-refractivity contribution is 0.857. The second-order valence-electron chi connectivity index (χ2n) is 4.73. The van der Waals surface area contributed by atoms with Crippen LogP contribution >= 0.6 is 22.6 Å². The van der Waals surface area contributed by atoms with Crippen LogP contribution in [0, 0.1) is 3.57 Å². The van der Waals surface area contributed by atoms with Crippen molar-refractivity contribution in [3.05, 3.63) is 68.3 Å². The van der Waals surface area contributed by atoms with E-state index in [1.807, 2.05) is 0 Å². The Balaban J connectivity index is 2.39. The van der Waals surface area contributed by atoms with Gasteiger partial charge >= 0.3 is 0 Å². The van der Waals surface area contributed by atoms with Crippen molar-refractivity contribution in [2.45, 2.75) is 32.7 Å². The summed E-state index contributed by atoms with van der Waals surface area (Å²) in [6.45, 7) is 4.41. The van der Waals surface area contributed by atoms with Crippen LogP contribution in [0.25, 0.3) is 0 Å². The van der Waals surface area contributed by atoms with Gasteiger partial charge in [-0.15, -0.1) is 0 Å². The zero-order chi connectivity index (χ0) is 13.8. The fraction of sp³-hybridized carbons (Fsp3) is 0.294. The molecule has 0 aliphatic heterocycles. The number of halogens is 1. The summed E-state index contributed by atoms with van der Waals surface area (Å²) in [5, 5.41) is 0. The molecule has 2 aromatic rings. The van der Waals surface area contributed by atoms with Crippen LogP contribution in [0.2, 0.25) is 0 Å². The highest BCUT2D eigenvalue weighted by Gasteiger charge is 2.13. The van der Waals surface area contributed by atoms with E-state index in [1.54, 1.807) is 0 Å². The largest absolute Gasteiger partial charge is 0.320 e. The van der Waals surface area contributed by atoms with E-state index >= 15 is 0 Å². The van der Waals surface area contributed by atoms with Crippen molar-refractivity contribution in [2.24, 2.45) is 5.73 Å². The van der Waals surface area contributed by atoms with Crippen molar-refractivity contribution in [2.75, 3.05) is 0 Å². The van der Waals surface area contributed by atoms with E-state index in [-0.39, 0.29) is 6.04 Å². The van der Waals surface area contributed by atoms with E-state index in [0.717, 1.165) is 12.8 Å². The van der Waals surface area contributed by atoms with Crippen LogP contribution < -0.4 is 5.73 Å². The molecule has 0 aromatic heterocycles. The van der Waals surface area contributed by atoms with Crippen LogP contribution in [0.1, 0.15) is 42.1 Å². The average molecular weight is 365 g/mol. The monoisotopic (exact) mass is 365 g/mol. The third-order valence-electron chi connectivity index (χ3n) is 3.59. The predicted molar refractivity (Wildman–Crippen MR) is 90.4 cm³/mol. The first-order chi connectivity index (χ1) is 9.17. The fourth-order valence-corrected chi connectivity index (χ4v) is 3.14.